The van der Waals surface area contributed by atoms with Gasteiger partial charge in [0.1, 0.15) is 10.7 Å². The normalized spacial score (nSPS) is 16.6. The van der Waals surface area contributed by atoms with E-state index in [2.05, 4.69) is 36.9 Å². The van der Waals surface area contributed by atoms with Gasteiger partial charge in [0.05, 0.1) is 10.3 Å². The molecule has 1 aromatic carbocycles. The van der Waals surface area contributed by atoms with E-state index in [0.717, 1.165) is 50.3 Å². The fraction of sp³-hybridized carbons (Fsp3) is 0.458. The second kappa shape index (κ2) is 7.79. The summed E-state index contributed by atoms with van der Waals surface area (Å²) >= 11 is 1.38. The quantitative estimate of drug-likeness (QED) is 0.615. The van der Waals surface area contributed by atoms with Crippen molar-refractivity contribution in [1.29, 1.82) is 0 Å². The maximum Gasteiger partial charge on any atom is 0.264 e. The fourth-order valence-electron chi connectivity index (χ4n) is 4.79. The van der Waals surface area contributed by atoms with Crippen molar-refractivity contribution in [1.82, 2.24) is 14.5 Å². The average Bonchev–Trinajstić information content (AvgIpc) is 3.11. The van der Waals surface area contributed by atoms with Crippen molar-refractivity contribution in [2.24, 2.45) is 0 Å². The van der Waals surface area contributed by atoms with Crippen LogP contribution in [0.15, 0.2) is 23.0 Å². The van der Waals surface area contributed by atoms with E-state index in [1.165, 1.54) is 28.2 Å². The lowest BCUT2D eigenvalue weighted by Gasteiger charge is -2.37. The summed E-state index contributed by atoms with van der Waals surface area (Å²) in [6, 6.07) is 6.52. The second-order valence-corrected chi connectivity index (χ2v) is 9.75. The summed E-state index contributed by atoms with van der Waals surface area (Å²) in [6.45, 7) is 9.88. The minimum absolute atomic E-state index is 0.0206. The zero-order valence-corrected chi connectivity index (χ0v) is 19.2. The number of thiophene rings is 1. The Balaban J connectivity index is 1.40. The number of amides is 1. The van der Waals surface area contributed by atoms with E-state index in [1.54, 1.807) is 0 Å². The lowest BCUT2D eigenvalue weighted by molar-refractivity contribution is 0.0751. The lowest BCUT2D eigenvalue weighted by Crippen LogP contribution is -2.49. The van der Waals surface area contributed by atoms with Crippen molar-refractivity contribution >= 4 is 33.1 Å². The van der Waals surface area contributed by atoms with Gasteiger partial charge in [0.15, 0.2) is 0 Å². The molecule has 1 saturated heterocycles. The van der Waals surface area contributed by atoms with Crippen LogP contribution in [0.25, 0.3) is 10.2 Å². The first-order valence-corrected chi connectivity index (χ1v) is 11.9. The van der Waals surface area contributed by atoms with Crippen molar-refractivity contribution in [3.8, 4) is 0 Å². The number of aromatic nitrogens is 2. The second-order valence-electron chi connectivity index (χ2n) is 8.75. The number of aryl methyl sites for hydroxylation is 4. The molecule has 5 rings (SSSR count). The summed E-state index contributed by atoms with van der Waals surface area (Å²) in [5.41, 5.74) is 4.59. The van der Waals surface area contributed by atoms with Crippen LogP contribution in [-0.2, 0) is 13.0 Å². The van der Waals surface area contributed by atoms with Gasteiger partial charge >= 0.3 is 0 Å². The summed E-state index contributed by atoms with van der Waals surface area (Å²) in [7, 11) is 0. The van der Waals surface area contributed by atoms with E-state index in [0.29, 0.717) is 28.2 Å². The highest BCUT2D eigenvalue weighted by atomic mass is 32.1. The molecule has 1 amide bonds. The number of hydrogen-bond acceptors (Lipinski definition) is 5. The van der Waals surface area contributed by atoms with Gasteiger partial charge in [-0.15, -0.1) is 11.3 Å². The molecule has 0 unspecified atom stereocenters. The maximum absolute atomic E-state index is 13.4. The molecule has 4 heterocycles. The fourth-order valence-corrected chi connectivity index (χ4v) is 5.95. The molecule has 2 aliphatic rings. The molecule has 2 aliphatic heterocycles. The smallest absolute Gasteiger partial charge is 0.264 e. The minimum Gasteiger partial charge on any atom is -0.368 e. The average molecular weight is 437 g/mol. The molecule has 0 radical (unpaired) electrons. The molecule has 162 valence electrons. The zero-order valence-electron chi connectivity index (χ0n) is 18.4. The third kappa shape index (κ3) is 3.45. The largest absolute Gasteiger partial charge is 0.368 e. The third-order valence-electron chi connectivity index (χ3n) is 6.63. The van der Waals surface area contributed by atoms with Gasteiger partial charge in [0, 0.05) is 44.8 Å². The molecule has 0 N–H and O–H groups in total. The van der Waals surface area contributed by atoms with Crippen LogP contribution < -0.4 is 10.5 Å². The Morgan fingerprint density at radius 1 is 1.03 bits per heavy atom. The first-order valence-electron chi connectivity index (χ1n) is 11.1. The lowest BCUT2D eigenvalue weighted by atomic mass is 10.1. The number of fused-ring (bicyclic) bond motifs is 2. The number of carbonyl (C=O) groups excluding carboxylic acids is 1. The van der Waals surface area contributed by atoms with Gasteiger partial charge in [-0.25, -0.2) is 4.98 Å². The predicted molar refractivity (Wildman–Crippen MR) is 126 cm³/mol. The Labute approximate surface area is 186 Å². The molecule has 1 fully saturated rings. The number of rotatable bonds is 2. The van der Waals surface area contributed by atoms with Crippen LogP contribution in [0, 0.1) is 20.8 Å². The van der Waals surface area contributed by atoms with Gasteiger partial charge in [-0.1, -0.05) is 12.1 Å². The summed E-state index contributed by atoms with van der Waals surface area (Å²) in [5, 5.41) is 0.632. The number of hydrogen-bond donors (Lipinski definition) is 0. The molecule has 3 aromatic rings. The Morgan fingerprint density at radius 3 is 2.58 bits per heavy atom. The highest BCUT2D eigenvalue weighted by molar-refractivity contribution is 7.20. The first-order chi connectivity index (χ1) is 14.9. The monoisotopic (exact) mass is 436 g/mol. The first kappa shape index (κ1) is 20.2. The summed E-state index contributed by atoms with van der Waals surface area (Å²) in [6.07, 6.45) is 2.92. The number of benzene rings is 1. The van der Waals surface area contributed by atoms with Crippen LogP contribution in [0.3, 0.4) is 0 Å². The van der Waals surface area contributed by atoms with E-state index < -0.39 is 0 Å². The van der Waals surface area contributed by atoms with E-state index in [4.69, 9.17) is 4.98 Å². The van der Waals surface area contributed by atoms with Gasteiger partial charge < -0.3 is 9.80 Å². The Kier molecular flexibility index (Phi) is 5.08. The van der Waals surface area contributed by atoms with Crippen LogP contribution in [0.5, 0.6) is 0 Å². The van der Waals surface area contributed by atoms with Gasteiger partial charge in [-0.05, 0) is 56.4 Å². The zero-order chi connectivity index (χ0) is 21.7. The Morgan fingerprint density at radius 2 is 1.81 bits per heavy atom. The number of anilines is 1. The van der Waals surface area contributed by atoms with E-state index in [1.807, 2.05) is 16.4 Å². The third-order valence-corrected chi connectivity index (χ3v) is 7.80. The topological polar surface area (TPSA) is 58.4 Å². The molecule has 0 atom stereocenters. The molecular weight excluding hydrogens is 408 g/mol. The van der Waals surface area contributed by atoms with E-state index in [-0.39, 0.29) is 11.5 Å². The molecule has 31 heavy (non-hydrogen) atoms. The summed E-state index contributed by atoms with van der Waals surface area (Å²) < 4.78 is 1.81. The maximum atomic E-state index is 13.4. The van der Waals surface area contributed by atoms with Crippen molar-refractivity contribution in [2.75, 3.05) is 31.1 Å². The van der Waals surface area contributed by atoms with E-state index in [9.17, 15) is 9.59 Å². The van der Waals surface area contributed by atoms with Crippen molar-refractivity contribution in [3.63, 3.8) is 0 Å². The minimum atomic E-state index is 0.0206. The number of carbonyl (C=O) groups is 1. The molecule has 0 saturated carbocycles. The summed E-state index contributed by atoms with van der Waals surface area (Å²) in [5.74, 6) is 0.898. The van der Waals surface area contributed by atoms with Crippen molar-refractivity contribution in [3.05, 3.63) is 55.9 Å². The van der Waals surface area contributed by atoms with Crippen molar-refractivity contribution in [2.45, 2.75) is 46.6 Å². The van der Waals surface area contributed by atoms with Crippen LogP contribution in [0.1, 0.15) is 45.0 Å². The molecule has 6 nitrogen and oxygen atoms in total. The SMILES string of the molecule is Cc1ccc(C)c(N2CCN(C(=O)c3sc4nc5n(c(=O)c4c3C)CCCC5)CC2)c1. The van der Waals surface area contributed by atoms with Gasteiger partial charge in [0.25, 0.3) is 11.5 Å². The molecule has 2 aromatic heterocycles. The standard InChI is InChI=1S/C24H28N4O2S/c1-15-7-8-16(2)18(14-15)26-10-12-27(13-11-26)24(30)21-17(3)20-22(31-21)25-19-6-4-5-9-28(19)23(20)29/h7-8,14H,4-6,9-13H2,1-3H3. The summed E-state index contributed by atoms with van der Waals surface area (Å²) in [4.78, 5) is 36.9. The van der Waals surface area contributed by atoms with Crippen LogP contribution >= 0.6 is 11.3 Å². The van der Waals surface area contributed by atoms with E-state index >= 15 is 0 Å². The van der Waals surface area contributed by atoms with Crippen LogP contribution in [0.4, 0.5) is 5.69 Å². The predicted octanol–water partition coefficient (Wildman–Crippen LogP) is 3.68. The molecule has 7 heteroatoms. The molecule has 0 bridgehead atoms. The van der Waals surface area contributed by atoms with Gasteiger partial charge in [-0.2, -0.15) is 0 Å². The van der Waals surface area contributed by atoms with Gasteiger partial charge in [-0.3, -0.25) is 14.2 Å². The molecular formula is C24H28N4O2S. The number of nitrogens with zero attached hydrogens (tertiary/aromatic N) is 4. The Hall–Kier alpha value is -2.67. The molecule has 0 aliphatic carbocycles. The highest BCUT2D eigenvalue weighted by Gasteiger charge is 2.28. The Bertz CT molecular complexity index is 1230. The van der Waals surface area contributed by atoms with Gasteiger partial charge in [0.2, 0.25) is 0 Å². The molecule has 0 spiro atoms. The number of piperazine rings is 1. The van der Waals surface area contributed by atoms with Crippen LogP contribution in [0.2, 0.25) is 0 Å². The van der Waals surface area contributed by atoms with Crippen LogP contribution in [-0.4, -0.2) is 46.5 Å². The highest BCUT2D eigenvalue weighted by Crippen LogP contribution is 2.30. The van der Waals surface area contributed by atoms with Crippen molar-refractivity contribution < 1.29 is 4.79 Å².